The summed E-state index contributed by atoms with van der Waals surface area (Å²) in [6.07, 6.45) is 58.8. The van der Waals surface area contributed by atoms with Gasteiger partial charge in [-0.15, -0.1) is 0 Å². The first-order chi connectivity index (χ1) is 29.0. The van der Waals surface area contributed by atoms with Gasteiger partial charge in [0.05, 0.1) is 0 Å². The number of hydrogen-bond acceptors (Lipinski definition) is 6. The normalized spacial score (nSPS) is 12.7. The second-order valence-electron chi connectivity index (χ2n) is 16.0. The minimum Gasteiger partial charge on any atom is -0.462 e. The van der Waals surface area contributed by atoms with Gasteiger partial charge in [-0.05, 0) is 103 Å². The molecule has 1 atom stereocenters. The van der Waals surface area contributed by atoms with Crippen molar-refractivity contribution in [3.63, 3.8) is 0 Å². The molecule has 0 aromatic carbocycles. The predicted octanol–water partition coefficient (Wildman–Crippen LogP) is 15.9. The Morgan fingerprint density at radius 1 is 0.356 bits per heavy atom. The van der Waals surface area contributed by atoms with E-state index in [0.717, 1.165) is 103 Å². The van der Waals surface area contributed by atoms with E-state index in [1.165, 1.54) is 83.5 Å². The number of esters is 3. The van der Waals surface area contributed by atoms with Crippen molar-refractivity contribution in [1.29, 1.82) is 0 Å². The molecule has 0 spiro atoms. The fourth-order valence-electron chi connectivity index (χ4n) is 6.47. The zero-order valence-electron chi connectivity index (χ0n) is 38.5. The van der Waals surface area contributed by atoms with Crippen molar-refractivity contribution in [2.24, 2.45) is 0 Å². The van der Waals surface area contributed by atoms with Crippen LogP contribution < -0.4 is 0 Å². The molecule has 0 aliphatic rings. The summed E-state index contributed by atoms with van der Waals surface area (Å²) in [5, 5.41) is 0. The molecular weight excluding hydrogens is 733 g/mol. The molecule has 0 saturated heterocycles. The molecule has 0 aliphatic heterocycles. The molecular formula is C53H90O6. The van der Waals surface area contributed by atoms with E-state index in [9.17, 15) is 14.4 Å². The van der Waals surface area contributed by atoms with Gasteiger partial charge in [0.1, 0.15) is 13.2 Å². The molecule has 0 aliphatic carbocycles. The number of carbonyl (C=O) groups is 3. The fraction of sp³-hybridized carbons (Fsp3) is 0.717. The average Bonchev–Trinajstić information content (AvgIpc) is 3.23. The van der Waals surface area contributed by atoms with Gasteiger partial charge in [0.2, 0.25) is 0 Å². The summed E-state index contributed by atoms with van der Waals surface area (Å²) in [4.78, 5) is 37.8. The van der Waals surface area contributed by atoms with Crippen molar-refractivity contribution in [2.45, 2.75) is 232 Å². The smallest absolute Gasteiger partial charge is 0.306 e. The molecule has 0 unspecified atom stereocenters. The maximum Gasteiger partial charge on any atom is 0.306 e. The first kappa shape index (κ1) is 55.9. The van der Waals surface area contributed by atoms with Gasteiger partial charge in [0, 0.05) is 19.3 Å². The number of carbonyl (C=O) groups excluding carboxylic acids is 3. The van der Waals surface area contributed by atoms with E-state index in [4.69, 9.17) is 14.2 Å². The van der Waals surface area contributed by atoms with Crippen molar-refractivity contribution in [3.8, 4) is 0 Å². The summed E-state index contributed by atoms with van der Waals surface area (Å²) in [5.41, 5.74) is 0. The minimum atomic E-state index is -0.798. The standard InChI is InChI=1S/C53H90O6/c1-4-7-10-13-16-19-22-24-26-28-31-33-36-39-42-45-51(54)57-48-50(59-53(56)47-44-41-38-35-30-21-18-15-12-9-6-3)49-58-52(55)46-43-40-37-34-32-29-27-25-23-20-17-14-11-8-5-2/h7,10,15-16,18-19,24-27,31,33,50H,4-6,8-9,11-14,17,20-23,28-30,32,34-49H2,1-3H3/b10-7-,18-15-,19-16-,26-24-,27-25-,33-31-/t50-/m1/s1. The van der Waals surface area contributed by atoms with Crippen molar-refractivity contribution < 1.29 is 28.6 Å². The van der Waals surface area contributed by atoms with Crippen LogP contribution in [0.2, 0.25) is 0 Å². The molecule has 0 aromatic rings. The maximum atomic E-state index is 12.7. The fourth-order valence-corrected chi connectivity index (χ4v) is 6.47. The van der Waals surface area contributed by atoms with E-state index in [-0.39, 0.29) is 31.1 Å². The first-order valence-corrected chi connectivity index (χ1v) is 24.4. The van der Waals surface area contributed by atoms with E-state index < -0.39 is 6.10 Å². The molecule has 0 rings (SSSR count). The Balaban J connectivity index is 4.45. The highest BCUT2D eigenvalue weighted by molar-refractivity contribution is 5.71. The number of rotatable bonds is 43. The third kappa shape index (κ3) is 45.8. The van der Waals surface area contributed by atoms with Crippen molar-refractivity contribution in [1.82, 2.24) is 0 Å². The number of ether oxygens (including phenoxy) is 3. The highest BCUT2D eigenvalue weighted by atomic mass is 16.6. The lowest BCUT2D eigenvalue weighted by molar-refractivity contribution is -0.167. The Labute approximate surface area is 363 Å². The number of allylic oxidation sites excluding steroid dienone is 12. The molecule has 0 amide bonds. The zero-order valence-corrected chi connectivity index (χ0v) is 38.5. The van der Waals surface area contributed by atoms with Crippen LogP contribution in [0.4, 0.5) is 0 Å². The molecule has 338 valence electrons. The minimum absolute atomic E-state index is 0.0967. The van der Waals surface area contributed by atoms with Crippen LogP contribution in [0.1, 0.15) is 226 Å². The molecule has 6 heteroatoms. The molecule has 0 bridgehead atoms. The van der Waals surface area contributed by atoms with Gasteiger partial charge in [0.25, 0.3) is 0 Å². The molecule has 0 fully saturated rings. The summed E-state index contributed by atoms with van der Waals surface area (Å²) in [7, 11) is 0. The lowest BCUT2D eigenvalue weighted by Crippen LogP contribution is -2.30. The lowest BCUT2D eigenvalue weighted by Gasteiger charge is -2.18. The van der Waals surface area contributed by atoms with Crippen LogP contribution >= 0.6 is 0 Å². The van der Waals surface area contributed by atoms with E-state index in [2.05, 4.69) is 93.7 Å². The molecule has 0 N–H and O–H groups in total. The summed E-state index contributed by atoms with van der Waals surface area (Å²) < 4.78 is 16.7. The number of unbranched alkanes of at least 4 members (excludes halogenated alkanes) is 20. The second-order valence-corrected chi connectivity index (χ2v) is 16.0. The predicted molar refractivity (Wildman–Crippen MR) is 251 cm³/mol. The molecule has 0 radical (unpaired) electrons. The Morgan fingerprint density at radius 3 is 1.14 bits per heavy atom. The first-order valence-electron chi connectivity index (χ1n) is 24.4. The Morgan fingerprint density at radius 2 is 0.678 bits per heavy atom. The van der Waals surface area contributed by atoms with Crippen LogP contribution in [0.15, 0.2) is 72.9 Å². The largest absolute Gasteiger partial charge is 0.462 e. The summed E-state index contributed by atoms with van der Waals surface area (Å²) in [5.74, 6) is -0.960. The summed E-state index contributed by atoms with van der Waals surface area (Å²) in [6.45, 7) is 6.42. The molecule has 0 saturated carbocycles. The molecule has 59 heavy (non-hydrogen) atoms. The molecule has 0 heterocycles. The second kappa shape index (κ2) is 47.5. The van der Waals surface area contributed by atoms with E-state index in [0.29, 0.717) is 19.3 Å². The highest BCUT2D eigenvalue weighted by Gasteiger charge is 2.19. The van der Waals surface area contributed by atoms with Crippen LogP contribution in [-0.4, -0.2) is 37.2 Å². The topological polar surface area (TPSA) is 78.9 Å². The Hall–Kier alpha value is -3.15. The van der Waals surface area contributed by atoms with Gasteiger partial charge in [0.15, 0.2) is 6.10 Å². The van der Waals surface area contributed by atoms with Crippen LogP contribution in [0.25, 0.3) is 0 Å². The van der Waals surface area contributed by atoms with Crippen molar-refractivity contribution in [3.05, 3.63) is 72.9 Å². The van der Waals surface area contributed by atoms with Gasteiger partial charge < -0.3 is 14.2 Å². The zero-order chi connectivity index (χ0) is 43.0. The van der Waals surface area contributed by atoms with Crippen LogP contribution in [0.3, 0.4) is 0 Å². The van der Waals surface area contributed by atoms with E-state index in [1.54, 1.807) is 0 Å². The van der Waals surface area contributed by atoms with E-state index in [1.807, 2.05) is 0 Å². The highest BCUT2D eigenvalue weighted by Crippen LogP contribution is 2.13. The Bertz CT molecular complexity index is 1130. The van der Waals surface area contributed by atoms with Crippen LogP contribution in [0, 0.1) is 0 Å². The summed E-state index contributed by atoms with van der Waals surface area (Å²) in [6, 6.07) is 0. The third-order valence-corrected chi connectivity index (χ3v) is 10.2. The monoisotopic (exact) mass is 823 g/mol. The van der Waals surface area contributed by atoms with Gasteiger partial charge in [-0.1, -0.05) is 177 Å². The lowest BCUT2D eigenvalue weighted by atomic mass is 10.1. The van der Waals surface area contributed by atoms with Crippen LogP contribution in [-0.2, 0) is 28.6 Å². The maximum absolute atomic E-state index is 12.7. The van der Waals surface area contributed by atoms with Gasteiger partial charge >= 0.3 is 17.9 Å². The van der Waals surface area contributed by atoms with Crippen molar-refractivity contribution in [2.75, 3.05) is 13.2 Å². The SMILES string of the molecule is CC/C=C\C/C=C\C/C=C\C/C=C\CCCCC(=O)OC[C@H](COC(=O)CCCCCCC/C=C\CCCCCCCC)OC(=O)CCCCCCC/C=C\CCCC. The van der Waals surface area contributed by atoms with Gasteiger partial charge in [-0.3, -0.25) is 14.4 Å². The Kier molecular flexibility index (Phi) is 45.0. The molecule has 0 aromatic heterocycles. The van der Waals surface area contributed by atoms with Gasteiger partial charge in [-0.2, -0.15) is 0 Å². The quantitative estimate of drug-likeness (QED) is 0.0264. The molecule has 6 nitrogen and oxygen atoms in total. The average molecular weight is 823 g/mol. The summed E-state index contributed by atoms with van der Waals surface area (Å²) >= 11 is 0. The van der Waals surface area contributed by atoms with Gasteiger partial charge in [-0.25, -0.2) is 0 Å². The van der Waals surface area contributed by atoms with Crippen molar-refractivity contribution >= 4 is 17.9 Å². The number of hydrogen-bond donors (Lipinski definition) is 0. The van der Waals surface area contributed by atoms with Crippen LogP contribution in [0.5, 0.6) is 0 Å². The third-order valence-electron chi connectivity index (χ3n) is 10.2. The van der Waals surface area contributed by atoms with E-state index >= 15 is 0 Å².